The second-order valence-corrected chi connectivity index (χ2v) is 6.69. The Morgan fingerprint density at radius 1 is 1.00 bits per heavy atom. The van der Waals surface area contributed by atoms with Gasteiger partial charge in [-0.15, -0.1) is 0 Å². The van der Waals surface area contributed by atoms with Crippen LogP contribution in [0.3, 0.4) is 0 Å². The van der Waals surface area contributed by atoms with Crippen LogP contribution in [0.5, 0.6) is 0 Å². The summed E-state index contributed by atoms with van der Waals surface area (Å²) < 4.78 is 0. The molecule has 0 radical (unpaired) electrons. The van der Waals surface area contributed by atoms with Crippen LogP contribution >= 0.6 is 11.6 Å². The van der Waals surface area contributed by atoms with Gasteiger partial charge in [-0.3, -0.25) is 9.59 Å². The molecule has 2 aromatic rings. The van der Waals surface area contributed by atoms with E-state index in [0.29, 0.717) is 29.4 Å². The molecular weight excluding hydrogens is 362 g/mol. The Morgan fingerprint density at radius 3 is 2.15 bits per heavy atom. The fourth-order valence-corrected chi connectivity index (χ4v) is 2.84. The zero-order valence-corrected chi connectivity index (χ0v) is 16.7. The normalized spacial score (nSPS) is 11.7. The van der Waals surface area contributed by atoms with E-state index in [2.05, 4.69) is 10.6 Å². The lowest BCUT2D eigenvalue weighted by Gasteiger charge is -2.18. The van der Waals surface area contributed by atoms with Crippen molar-refractivity contribution in [2.24, 2.45) is 0 Å². The van der Waals surface area contributed by atoms with Crippen LogP contribution in [0.2, 0.25) is 5.02 Å². The summed E-state index contributed by atoms with van der Waals surface area (Å²) in [6, 6.07) is 14.5. The highest BCUT2D eigenvalue weighted by Gasteiger charge is 2.12. The van der Waals surface area contributed by atoms with E-state index in [0.717, 1.165) is 5.56 Å². The molecule has 0 saturated carbocycles. The van der Waals surface area contributed by atoms with Gasteiger partial charge in [-0.25, -0.2) is 0 Å². The average Bonchev–Trinajstić information content (AvgIpc) is 2.68. The van der Waals surface area contributed by atoms with E-state index in [1.54, 1.807) is 29.2 Å². The summed E-state index contributed by atoms with van der Waals surface area (Å²) in [7, 11) is 0. The van der Waals surface area contributed by atoms with Gasteiger partial charge in [0, 0.05) is 35.4 Å². The molecule has 0 fully saturated rings. The Labute approximate surface area is 165 Å². The van der Waals surface area contributed by atoms with Crippen molar-refractivity contribution in [2.75, 3.05) is 25.0 Å². The van der Waals surface area contributed by atoms with Gasteiger partial charge in [-0.1, -0.05) is 23.7 Å². The van der Waals surface area contributed by atoms with E-state index in [1.807, 2.05) is 45.0 Å². The molecule has 6 heteroatoms. The van der Waals surface area contributed by atoms with Gasteiger partial charge in [0.25, 0.3) is 5.91 Å². The van der Waals surface area contributed by atoms with Gasteiger partial charge < -0.3 is 15.5 Å². The maximum absolute atomic E-state index is 12.3. The SMILES string of the molecule is CCN(CC)C(=O)c1ccc(NC(=O)CN[C@H](C)c2ccc(Cl)cc2)cc1. The van der Waals surface area contributed by atoms with E-state index in [9.17, 15) is 9.59 Å². The molecule has 0 aliphatic heterocycles. The van der Waals surface area contributed by atoms with Crippen molar-refractivity contribution in [3.05, 3.63) is 64.7 Å². The predicted octanol–water partition coefficient (Wildman–Crippen LogP) is 4.11. The van der Waals surface area contributed by atoms with Crippen molar-refractivity contribution in [3.8, 4) is 0 Å². The molecule has 0 heterocycles. The Balaban J connectivity index is 1.86. The number of carbonyl (C=O) groups is 2. The van der Waals surface area contributed by atoms with Gasteiger partial charge >= 0.3 is 0 Å². The zero-order chi connectivity index (χ0) is 19.8. The lowest BCUT2D eigenvalue weighted by molar-refractivity contribution is -0.115. The second kappa shape index (κ2) is 10.1. The standard InChI is InChI=1S/C21H26ClN3O2/c1-4-25(5-2)21(27)17-8-12-19(13-9-17)24-20(26)14-23-15(3)16-6-10-18(22)11-7-16/h6-13,15,23H,4-5,14H2,1-3H3,(H,24,26)/t15-/m1/s1. The van der Waals surface area contributed by atoms with Crippen molar-refractivity contribution in [1.82, 2.24) is 10.2 Å². The molecule has 0 aromatic heterocycles. The number of halogens is 1. The van der Waals surface area contributed by atoms with Crippen LogP contribution in [0, 0.1) is 0 Å². The smallest absolute Gasteiger partial charge is 0.253 e. The van der Waals surface area contributed by atoms with Crippen LogP contribution in [-0.4, -0.2) is 36.3 Å². The number of carbonyl (C=O) groups excluding carboxylic acids is 2. The van der Waals surface area contributed by atoms with E-state index in [4.69, 9.17) is 11.6 Å². The Hall–Kier alpha value is -2.37. The highest BCUT2D eigenvalue weighted by molar-refractivity contribution is 6.30. The summed E-state index contributed by atoms with van der Waals surface area (Å²) in [6.45, 7) is 7.42. The molecule has 2 amide bonds. The molecule has 5 nitrogen and oxygen atoms in total. The van der Waals surface area contributed by atoms with E-state index < -0.39 is 0 Å². The third-order valence-electron chi connectivity index (χ3n) is 4.41. The van der Waals surface area contributed by atoms with Crippen LogP contribution < -0.4 is 10.6 Å². The van der Waals surface area contributed by atoms with Gasteiger partial charge in [-0.2, -0.15) is 0 Å². The number of amides is 2. The largest absolute Gasteiger partial charge is 0.339 e. The number of rotatable bonds is 8. The van der Waals surface area contributed by atoms with Gasteiger partial charge in [0.05, 0.1) is 6.54 Å². The van der Waals surface area contributed by atoms with Gasteiger partial charge in [-0.05, 0) is 62.7 Å². The quantitative estimate of drug-likeness (QED) is 0.716. The summed E-state index contributed by atoms with van der Waals surface area (Å²) in [5, 5.41) is 6.70. The fourth-order valence-electron chi connectivity index (χ4n) is 2.71. The molecule has 144 valence electrons. The van der Waals surface area contributed by atoms with Crippen LogP contribution in [0.1, 0.15) is 42.7 Å². The number of nitrogens with zero attached hydrogens (tertiary/aromatic N) is 1. The molecule has 2 aromatic carbocycles. The number of hydrogen-bond donors (Lipinski definition) is 2. The van der Waals surface area contributed by atoms with Gasteiger partial charge in [0.1, 0.15) is 0 Å². The zero-order valence-electron chi connectivity index (χ0n) is 16.0. The molecule has 0 aliphatic carbocycles. The first-order chi connectivity index (χ1) is 12.9. The second-order valence-electron chi connectivity index (χ2n) is 6.26. The first kappa shape index (κ1) is 20.9. The van der Waals surface area contributed by atoms with Crippen molar-refractivity contribution >= 4 is 29.1 Å². The topological polar surface area (TPSA) is 61.4 Å². The maximum Gasteiger partial charge on any atom is 0.253 e. The number of hydrogen-bond acceptors (Lipinski definition) is 3. The van der Waals surface area contributed by atoms with Crippen molar-refractivity contribution in [1.29, 1.82) is 0 Å². The van der Waals surface area contributed by atoms with Gasteiger partial charge in [0.15, 0.2) is 0 Å². The third kappa shape index (κ3) is 6.08. The fraction of sp³-hybridized carbons (Fsp3) is 0.333. The molecular formula is C21H26ClN3O2. The summed E-state index contributed by atoms with van der Waals surface area (Å²) >= 11 is 5.89. The van der Waals surface area contributed by atoms with Crippen molar-refractivity contribution in [3.63, 3.8) is 0 Å². The third-order valence-corrected chi connectivity index (χ3v) is 4.66. The molecule has 0 aliphatic rings. The molecule has 2 rings (SSSR count). The molecule has 0 spiro atoms. The number of anilines is 1. The van der Waals surface area contributed by atoms with Crippen LogP contribution in [-0.2, 0) is 4.79 Å². The van der Waals surface area contributed by atoms with Crippen molar-refractivity contribution in [2.45, 2.75) is 26.8 Å². The Morgan fingerprint density at radius 2 is 1.59 bits per heavy atom. The van der Waals surface area contributed by atoms with Gasteiger partial charge in [0.2, 0.25) is 5.91 Å². The Kier molecular flexibility index (Phi) is 7.82. The lowest BCUT2D eigenvalue weighted by atomic mass is 10.1. The monoisotopic (exact) mass is 387 g/mol. The molecule has 0 unspecified atom stereocenters. The maximum atomic E-state index is 12.3. The lowest BCUT2D eigenvalue weighted by Crippen LogP contribution is -2.31. The average molecular weight is 388 g/mol. The minimum atomic E-state index is -0.140. The number of nitrogens with one attached hydrogen (secondary N) is 2. The minimum absolute atomic E-state index is 0.00340. The van der Waals surface area contributed by atoms with E-state index >= 15 is 0 Å². The highest BCUT2D eigenvalue weighted by atomic mass is 35.5. The summed E-state index contributed by atoms with van der Waals surface area (Å²) in [5.41, 5.74) is 2.34. The van der Waals surface area contributed by atoms with Crippen LogP contribution in [0.15, 0.2) is 48.5 Å². The molecule has 27 heavy (non-hydrogen) atoms. The molecule has 0 bridgehead atoms. The highest BCUT2D eigenvalue weighted by Crippen LogP contribution is 2.16. The summed E-state index contributed by atoms with van der Waals surface area (Å²) in [4.78, 5) is 26.2. The first-order valence-electron chi connectivity index (χ1n) is 9.12. The first-order valence-corrected chi connectivity index (χ1v) is 9.50. The van der Waals surface area contributed by atoms with E-state index in [-0.39, 0.29) is 24.4 Å². The molecule has 1 atom stereocenters. The van der Waals surface area contributed by atoms with Crippen LogP contribution in [0.25, 0.3) is 0 Å². The molecule has 2 N–H and O–H groups in total. The Bertz CT molecular complexity index is 756. The number of benzene rings is 2. The van der Waals surface area contributed by atoms with Crippen molar-refractivity contribution < 1.29 is 9.59 Å². The summed E-state index contributed by atoms with van der Waals surface area (Å²) in [6.07, 6.45) is 0. The predicted molar refractivity (Wildman–Crippen MR) is 110 cm³/mol. The van der Waals surface area contributed by atoms with Crippen LogP contribution in [0.4, 0.5) is 5.69 Å². The van der Waals surface area contributed by atoms with E-state index in [1.165, 1.54) is 0 Å². The summed E-state index contributed by atoms with van der Waals surface area (Å²) in [5.74, 6) is -0.144. The molecule has 0 saturated heterocycles. The minimum Gasteiger partial charge on any atom is -0.339 e.